The summed E-state index contributed by atoms with van der Waals surface area (Å²) < 4.78 is 0. The number of hydrogen-bond acceptors (Lipinski definition) is 4. The van der Waals surface area contributed by atoms with Gasteiger partial charge in [0.15, 0.2) is 5.69 Å². The number of aromatic nitrogens is 2. The van der Waals surface area contributed by atoms with Gasteiger partial charge in [0.2, 0.25) is 5.88 Å². The van der Waals surface area contributed by atoms with Crippen molar-refractivity contribution in [3.8, 4) is 5.88 Å². The highest BCUT2D eigenvalue weighted by atomic mass is 16.3. The largest absolute Gasteiger partial charge is 0.494 e. The van der Waals surface area contributed by atoms with Crippen molar-refractivity contribution in [2.24, 2.45) is 5.18 Å². The minimum Gasteiger partial charge on any atom is -0.494 e. The van der Waals surface area contributed by atoms with Gasteiger partial charge in [-0.1, -0.05) is 0 Å². The van der Waals surface area contributed by atoms with Gasteiger partial charge in [0.25, 0.3) is 0 Å². The number of amides is 1. The Kier molecular flexibility index (Phi) is 1.44. The van der Waals surface area contributed by atoms with Gasteiger partial charge in [-0.3, -0.25) is 4.79 Å². The van der Waals surface area contributed by atoms with Gasteiger partial charge in [-0.2, -0.15) is 5.10 Å². The number of nitrogens with zero attached hydrogens (tertiary/aromatic N) is 2. The fraction of sp³-hybridized carbons (Fsp3) is 0. The summed E-state index contributed by atoms with van der Waals surface area (Å²) in [5, 5.41) is 16.0. The molecule has 1 rings (SSSR count). The molecule has 1 aromatic heterocycles. The van der Waals surface area contributed by atoms with E-state index in [-0.39, 0.29) is 11.6 Å². The van der Waals surface area contributed by atoms with Crippen molar-refractivity contribution in [1.29, 1.82) is 0 Å². The molecule has 0 radical (unpaired) electrons. The Labute approximate surface area is 54.8 Å². The maximum Gasteiger partial charge on any atom is 0.337 e. The van der Waals surface area contributed by atoms with Crippen molar-refractivity contribution < 1.29 is 9.90 Å². The molecule has 0 unspecified atom stereocenters. The van der Waals surface area contributed by atoms with Crippen molar-refractivity contribution in [3.05, 3.63) is 16.7 Å². The lowest BCUT2D eigenvalue weighted by molar-refractivity contribution is 0.0996. The van der Waals surface area contributed by atoms with Crippen LogP contribution in [0.1, 0.15) is 10.5 Å². The molecule has 0 atom stereocenters. The van der Waals surface area contributed by atoms with E-state index in [0.717, 1.165) is 6.07 Å². The first-order chi connectivity index (χ1) is 4.74. The highest BCUT2D eigenvalue weighted by Crippen LogP contribution is 2.05. The third-order valence-corrected chi connectivity index (χ3v) is 0.866. The minimum atomic E-state index is -1.00. The summed E-state index contributed by atoms with van der Waals surface area (Å²) in [5.41, 5.74) is -0.187. The van der Waals surface area contributed by atoms with Gasteiger partial charge in [0.05, 0.1) is 0 Å². The average Bonchev–Trinajstić information content (AvgIpc) is 2.34. The van der Waals surface area contributed by atoms with E-state index in [4.69, 9.17) is 5.11 Å². The summed E-state index contributed by atoms with van der Waals surface area (Å²) in [6, 6.07) is 1.02. The Hall–Kier alpha value is -1.72. The minimum absolute atomic E-state index is 0.187. The molecule has 6 nitrogen and oxygen atoms in total. The molecule has 2 N–H and O–H groups in total. The highest BCUT2D eigenvalue weighted by Gasteiger charge is 2.08. The van der Waals surface area contributed by atoms with Gasteiger partial charge in [0.1, 0.15) is 0 Å². The Bertz CT molecular complexity index is 266. The van der Waals surface area contributed by atoms with E-state index >= 15 is 0 Å². The number of aromatic hydroxyl groups is 1. The third kappa shape index (κ3) is 0.993. The maximum absolute atomic E-state index is 10.4. The molecule has 1 heterocycles. The van der Waals surface area contributed by atoms with E-state index in [1.165, 1.54) is 0 Å². The normalized spacial score (nSPS) is 9.20. The zero-order chi connectivity index (χ0) is 7.56. The predicted octanol–water partition coefficient (Wildman–Crippen LogP) is 0.0219. The lowest BCUT2D eigenvalue weighted by Crippen LogP contribution is -1.92. The van der Waals surface area contributed by atoms with E-state index in [2.05, 4.69) is 15.4 Å². The molecule has 0 fully saturated rings. The van der Waals surface area contributed by atoms with Gasteiger partial charge in [-0.15, -0.1) is 4.91 Å². The zero-order valence-corrected chi connectivity index (χ0v) is 4.74. The molecule has 0 aliphatic carbocycles. The molecule has 1 amide bonds. The second-order valence-electron chi connectivity index (χ2n) is 1.53. The fourth-order valence-corrected chi connectivity index (χ4v) is 0.468. The summed E-state index contributed by atoms with van der Waals surface area (Å²) in [6.45, 7) is 0. The standard InChI is InChI=1S/C4H3N3O3/c8-3-1-2(5-6-3)4(9)7-10/h1H,(H2,5,6,8). The second kappa shape index (κ2) is 2.26. The third-order valence-electron chi connectivity index (χ3n) is 0.866. The van der Waals surface area contributed by atoms with Gasteiger partial charge >= 0.3 is 5.91 Å². The van der Waals surface area contributed by atoms with Crippen LogP contribution in [-0.4, -0.2) is 21.2 Å². The number of nitrogens with one attached hydrogen (secondary N) is 1. The van der Waals surface area contributed by atoms with Crippen LogP contribution in [0.4, 0.5) is 0 Å². The van der Waals surface area contributed by atoms with E-state index in [1.807, 2.05) is 0 Å². The summed E-state index contributed by atoms with van der Waals surface area (Å²) in [4.78, 5) is 19.9. The molecular formula is C4H3N3O3. The van der Waals surface area contributed by atoms with Crippen molar-refractivity contribution in [1.82, 2.24) is 10.2 Å². The molecule has 0 saturated carbocycles. The molecule has 0 aromatic carbocycles. The smallest absolute Gasteiger partial charge is 0.337 e. The molecule has 0 aliphatic heterocycles. The Morgan fingerprint density at radius 3 is 2.90 bits per heavy atom. The van der Waals surface area contributed by atoms with Crippen LogP contribution in [0, 0.1) is 4.91 Å². The Morgan fingerprint density at radius 1 is 1.80 bits per heavy atom. The number of carbonyl (C=O) groups excluding carboxylic acids is 1. The molecule has 52 valence electrons. The predicted molar refractivity (Wildman–Crippen MR) is 30.4 cm³/mol. The van der Waals surface area contributed by atoms with Crippen LogP contribution in [-0.2, 0) is 0 Å². The van der Waals surface area contributed by atoms with E-state index < -0.39 is 5.91 Å². The maximum atomic E-state index is 10.4. The fourth-order valence-electron chi connectivity index (χ4n) is 0.468. The van der Waals surface area contributed by atoms with E-state index in [9.17, 15) is 9.70 Å². The van der Waals surface area contributed by atoms with Crippen LogP contribution in [0.3, 0.4) is 0 Å². The summed E-state index contributed by atoms with van der Waals surface area (Å²) in [7, 11) is 0. The lowest BCUT2D eigenvalue weighted by Gasteiger charge is -1.75. The molecule has 0 bridgehead atoms. The van der Waals surface area contributed by atoms with Gasteiger partial charge in [0, 0.05) is 11.2 Å². The molecule has 1 aromatic rings. The van der Waals surface area contributed by atoms with Gasteiger partial charge in [-0.25, -0.2) is 5.10 Å². The molecule has 0 aliphatic rings. The Morgan fingerprint density at radius 2 is 2.50 bits per heavy atom. The number of aromatic amines is 1. The quantitative estimate of drug-likeness (QED) is 0.539. The number of hydrogen-bond donors (Lipinski definition) is 2. The monoisotopic (exact) mass is 141 g/mol. The first-order valence-electron chi connectivity index (χ1n) is 2.36. The lowest BCUT2D eigenvalue weighted by atomic mass is 10.4. The van der Waals surface area contributed by atoms with Crippen molar-refractivity contribution in [3.63, 3.8) is 0 Å². The first kappa shape index (κ1) is 6.40. The van der Waals surface area contributed by atoms with E-state index in [0.29, 0.717) is 0 Å². The van der Waals surface area contributed by atoms with Crippen LogP contribution in [0.2, 0.25) is 0 Å². The number of carbonyl (C=O) groups is 1. The molecule has 0 saturated heterocycles. The van der Waals surface area contributed by atoms with Crippen LogP contribution >= 0.6 is 0 Å². The summed E-state index contributed by atoms with van der Waals surface area (Å²) >= 11 is 0. The van der Waals surface area contributed by atoms with Gasteiger partial charge < -0.3 is 5.11 Å². The molecule has 6 heteroatoms. The van der Waals surface area contributed by atoms with Crippen LogP contribution < -0.4 is 0 Å². The number of nitroso groups, excluding NO2 is 1. The first-order valence-corrected chi connectivity index (χ1v) is 2.36. The zero-order valence-electron chi connectivity index (χ0n) is 4.74. The molecular weight excluding hydrogens is 138 g/mol. The van der Waals surface area contributed by atoms with E-state index in [1.54, 1.807) is 0 Å². The molecule has 10 heavy (non-hydrogen) atoms. The van der Waals surface area contributed by atoms with Crippen molar-refractivity contribution in [2.75, 3.05) is 0 Å². The molecule has 0 spiro atoms. The number of rotatable bonds is 1. The van der Waals surface area contributed by atoms with Crippen LogP contribution in [0.5, 0.6) is 5.88 Å². The van der Waals surface area contributed by atoms with Crippen LogP contribution in [0.25, 0.3) is 0 Å². The topological polar surface area (TPSA) is 95.4 Å². The highest BCUT2D eigenvalue weighted by molar-refractivity contribution is 5.92. The summed E-state index contributed by atoms with van der Waals surface area (Å²) in [6.07, 6.45) is 0. The average molecular weight is 141 g/mol. The Balaban J connectivity index is 2.95. The van der Waals surface area contributed by atoms with Gasteiger partial charge in [-0.05, 0) is 0 Å². The second-order valence-corrected chi connectivity index (χ2v) is 1.53. The van der Waals surface area contributed by atoms with Crippen molar-refractivity contribution in [2.45, 2.75) is 0 Å². The van der Waals surface area contributed by atoms with Crippen molar-refractivity contribution >= 4 is 5.91 Å². The van der Waals surface area contributed by atoms with Crippen LogP contribution in [0.15, 0.2) is 11.2 Å². The SMILES string of the molecule is O=NC(=O)c1cc(O)[nH]n1. The number of H-pyrrole nitrogens is 1. The summed E-state index contributed by atoms with van der Waals surface area (Å²) in [5.74, 6) is -1.27.